The van der Waals surface area contributed by atoms with Crippen LogP contribution >= 0.6 is 0 Å². The Labute approximate surface area is 112 Å². The lowest BCUT2D eigenvalue weighted by Gasteiger charge is -2.36. The van der Waals surface area contributed by atoms with Crippen molar-refractivity contribution in [2.45, 2.75) is 26.0 Å². The fraction of sp³-hybridized carbons (Fsp3) is 0.615. The molecule has 0 saturated carbocycles. The van der Waals surface area contributed by atoms with E-state index >= 15 is 0 Å². The number of ether oxygens (including phenoxy) is 1. The van der Waals surface area contributed by atoms with E-state index in [-0.39, 0.29) is 11.7 Å². The van der Waals surface area contributed by atoms with Crippen LogP contribution in [0.3, 0.4) is 0 Å². The second-order valence-corrected chi connectivity index (χ2v) is 4.96. The number of likely N-dealkylation sites (tertiary alicyclic amines) is 1. The average molecular weight is 265 g/mol. The lowest BCUT2D eigenvalue weighted by atomic mass is 9.95. The van der Waals surface area contributed by atoms with Crippen molar-refractivity contribution in [2.24, 2.45) is 5.92 Å². The zero-order valence-electron chi connectivity index (χ0n) is 11.2. The monoisotopic (exact) mass is 265 g/mol. The lowest BCUT2D eigenvalue weighted by Crippen LogP contribution is -2.43. The molecule has 0 aromatic carbocycles. The predicted molar refractivity (Wildman–Crippen MR) is 68.8 cm³/mol. The van der Waals surface area contributed by atoms with E-state index in [1.54, 1.807) is 7.11 Å². The van der Waals surface area contributed by atoms with Crippen LogP contribution in [0.2, 0.25) is 0 Å². The van der Waals surface area contributed by atoms with Crippen molar-refractivity contribution in [1.29, 1.82) is 0 Å². The van der Waals surface area contributed by atoms with Gasteiger partial charge in [0.05, 0.1) is 11.8 Å². The van der Waals surface area contributed by atoms with Crippen LogP contribution in [0, 0.1) is 5.92 Å². The van der Waals surface area contributed by atoms with Crippen molar-refractivity contribution >= 4 is 5.97 Å². The van der Waals surface area contributed by atoms with Crippen molar-refractivity contribution < 1.29 is 14.6 Å². The van der Waals surface area contributed by atoms with Gasteiger partial charge in [-0.3, -0.25) is 4.90 Å². The molecule has 1 saturated heterocycles. The molecule has 1 aromatic rings. The summed E-state index contributed by atoms with van der Waals surface area (Å²) in [6.07, 6.45) is 3.99. The van der Waals surface area contributed by atoms with E-state index in [2.05, 4.69) is 21.8 Å². The normalized spacial score (nSPS) is 24.3. The minimum Gasteiger partial charge on any atom is -0.478 e. The molecule has 1 aliphatic rings. The maximum Gasteiger partial charge on any atom is 0.339 e. The van der Waals surface area contributed by atoms with Crippen LogP contribution in [-0.4, -0.2) is 52.2 Å². The van der Waals surface area contributed by atoms with Gasteiger partial charge in [0.15, 0.2) is 0 Å². The fourth-order valence-electron chi connectivity index (χ4n) is 2.42. The first-order chi connectivity index (χ1) is 9.11. The van der Waals surface area contributed by atoms with Gasteiger partial charge in [0.1, 0.15) is 11.9 Å². The summed E-state index contributed by atoms with van der Waals surface area (Å²) in [6.45, 7) is 4.44. The minimum atomic E-state index is -0.982. The van der Waals surface area contributed by atoms with Gasteiger partial charge in [-0.2, -0.15) is 0 Å². The van der Waals surface area contributed by atoms with Crippen molar-refractivity contribution in [3.8, 4) is 0 Å². The average Bonchev–Trinajstić information content (AvgIpc) is 2.41. The molecule has 104 valence electrons. The van der Waals surface area contributed by atoms with E-state index in [1.807, 2.05) is 0 Å². The van der Waals surface area contributed by atoms with Gasteiger partial charge in [-0.15, -0.1) is 0 Å². The highest BCUT2D eigenvalue weighted by molar-refractivity contribution is 5.88. The van der Waals surface area contributed by atoms with Crippen molar-refractivity contribution in [1.82, 2.24) is 14.9 Å². The van der Waals surface area contributed by atoms with Crippen LogP contribution in [0.5, 0.6) is 0 Å². The van der Waals surface area contributed by atoms with Crippen molar-refractivity contribution in [3.05, 3.63) is 23.8 Å². The first-order valence-electron chi connectivity index (χ1n) is 6.39. The highest BCUT2D eigenvalue weighted by atomic mass is 16.5. The second-order valence-electron chi connectivity index (χ2n) is 4.96. The summed E-state index contributed by atoms with van der Waals surface area (Å²) >= 11 is 0. The molecule has 0 amide bonds. The molecule has 1 aromatic heterocycles. The number of carboxylic acid groups (broad SMARTS) is 1. The number of methoxy groups -OCH3 is 1. The number of carbonyl (C=O) groups is 1. The largest absolute Gasteiger partial charge is 0.478 e. The van der Waals surface area contributed by atoms with Gasteiger partial charge in [-0.05, 0) is 18.9 Å². The molecule has 1 fully saturated rings. The van der Waals surface area contributed by atoms with Gasteiger partial charge < -0.3 is 9.84 Å². The summed E-state index contributed by atoms with van der Waals surface area (Å²) in [7, 11) is 1.72. The highest BCUT2D eigenvalue weighted by Crippen LogP contribution is 2.21. The first kappa shape index (κ1) is 13.9. The van der Waals surface area contributed by atoms with Crippen LogP contribution in [-0.2, 0) is 11.3 Å². The standard InChI is InChI=1S/C13H19N3O3/c1-9-3-4-16(7-12(9)19-2)6-11-10(13(17)18)5-14-8-15-11/h5,8-9,12H,3-4,6-7H2,1-2H3,(H,17,18). The van der Waals surface area contributed by atoms with E-state index in [0.29, 0.717) is 18.2 Å². The number of hydrogen-bond acceptors (Lipinski definition) is 5. The number of carboxylic acids is 1. The Bertz CT molecular complexity index is 453. The third-order valence-corrected chi connectivity index (χ3v) is 3.67. The summed E-state index contributed by atoms with van der Waals surface area (Å²) in [5, 5.41) is 9.11. The molecule has 2 rings (SSSR count). The molecular weight excluding hydrogens is 246 g/mol. The maximum atomic E-state index is 11.1. The molecule has 0 spiro atoms. The van der Waals surface area contributed by atoms with Crippen LogP contribution < -0.4 is 0 Å². The van der Waals surface area contributed by atoms with Crippen LogP contribution in [0.4, 0.5) is 0 Å². The van der Waals surface area contributed by atoms with Gasteiger partial charge in [-0.25, -0.2) is 14.8 Å². The number of nitrogens with zero attached hydrogens (tertiary/aromatic N) is 3. The van der Waals surface area contributed by atoms with Gasteiger partial charge in [0.2, 0.25) is 0 Å². The summed E-state index contributed by atoms with van der Waals surface area (Å²) in [5.41, 5.74) is 0.738. The Morgan fingerprint density at radius 1 is 1.63 bits per heavy atom. The molecule has 2 unspecified atom stereocenters. The van der Waals surface area contributed by atoms with E-state index in [4.69, 9.17) is 9.84 Å². The van der Waals surface area contributed by atoms with E-state index in [1.165, 1.54) is 12.5 Å². The molecule has 2 atom stereocenters. The number of aromatic carboxylic acids is 1. The Morgan fingerprint density at radius 2 is 2.42 bits per heavy atom. The van der Waals surface area contributed by atoms with Crippen molar-refractivity contribution in [2.75, 3.05) is 20.2 Å². The minimum absolute atomic E-state index is 0.176. The van der Waals surface area contributed by atoms with Gasteiger partial charge >= 0.3 is 5.97 Å². The summed E-state index contributed by atoms with van der Waals surface area (Å²) in [6, 6.07) is 0. The number of rotatable bonds is 4. The molecule has 1 aliphatic heterocycles. The fourth-order valence-corrected chi connectivity index (χ4v) is 2.42. The zero-order valence-corrected chi connectivity index (χ0v) is 11.2. The van der Waals surface area contributed by atoms with Crippen molar-refractivity contribution in [3.63, 3.8) is 0 Å². The zero-order chi connectivity index (χ0) is 13.8. The molecule has 0 bridgehead atoms. The van der Waals surface area contributed by atoms with E-state index in [0.717, 1.165) is 19.5 Å². The molecule has 6 nitrogen and oxygen atoms in total. The van der Waals surface area contributed by atoms with Gasteiger partial charge in [0, 0.05) is 26.4 Å². The highest BCUT2D eigenvalue weighted by Gasteiger charge is 2.27. The topological polar surface area (TPSA) is 75.5 Å². The lowest BCUT2D eigenvalue weighted by molar-refractivity contribution is -0.00789. The molecule has 0 aliphatic carbocycles. The SMILES string of the molecule is COC1CN(Cc2ncncc2C(=O)O)CCC1C. The van der Waals surface area contributed by atoms with Gasteiger partial charge in [-0.1, -0.05) is 6.92 Å². The summed E-state index contributed by atoms with van der Waals surface area (Å²) < 4.78 is 5.46. The maximum absolute atomic E-state index is 11.1. The van der Waals surface area contributed by atoms with E-state index in [9.17, 15) is 4.79 Å². The van der Waals surface area contributed by atoms with Crippen LogP contribution in [0.1, 0.15) is 29.4 Å². The Hall–Kier alpha value is -1.53. The molecular formula is C13H19N3O3. The van der Waals surface area contributed by atoms with E-state index < -0.39 is 5.97 Å². The Kier molecular flexibility index (Phi) is 4.44. The molecule has 19 heavy (non-hydrogen) atoms. The number of aromatic nitrogens is 2. The smallest absolute Gasteiger partial charge is 0.339 e. The molecule has 2 heterocycles. The Morgan fingerprint density at radius 3 is 3.11 bits per heavy atom. The number of hydrogen-bond donors (Lipinski definition) is 1. The summed E-state index contributed by atoms with van der Waals surface area (Å²) in [5.74, 6) is -0.449. The number of piperidine rings is 1. The Balaban J connectivity index is 2.07. The first-order valence-corrected chi connectivity index (χ1v) is 6.39. The third kappa shape index (κ3) is 3.27. The van der Waals surface area contributed by atoms with Crippen LogP contribution in [0.15, 0.2) is 12.5 Å². The predicted octanol–water partition coefficient (Wildman–Crippen LogP) is 1.03. The molecule has 1 N–H and O–H groups in total. The quantitative estimate of drug-likeness (QED) is 0.876. The summed E-state index contributed by atoms with van der Waals surface area (Å²) in [4.78, 5) is 21.2. The molecule has 6 heteroatoms. The molecule has 0 radical (unpaired) electrons. The van der Waals surface area contributed by atoms with Gasteiger partial charge in [0.25, 0.3) is 0 Å². The van der Waals surface area contributed by atoms with Crippen LogP contribution in [0.25, 0.3) is 0 Å². The third-order valence-electron chi connectivity index (χ3n) is 3.67. The second kappa shape index (κ2) is 6.08.